The highest BCUT2D eigenvalue weighted by Gasteiger charge is 2.84. The molecule has 0 aromatic heterocycles. The van der Waals surface area contributed by atoms with Gasteiger partial charge in [0.25, 0.3) is 0 Å². The Labute approximate surface area is 212 Å². The van der Waals surface area contributed by atoms with Gasteiger partial charge in [0.05, 0.1) is 22.5 Å². The molecule has 3 saturated heterocycles. The lowest BCUT2D eigenvalue weighted by atomic mass is 9.48. The summed E-state index contributed by atoms with van der Waals surface area (Å²) in [5, 5.41) is 12.5. The number of carbonyl (C=O) groups is 2. The van der Waals surface area contributed by atoms with Gasteiger partial charge in [-0.3, -0.25) is 9.59 Å². The number of rotatable bonds is 0. The van der Waals surface area contributed by atoms with E-state index in [9.17, 15) is 14.7 Å². The molecule has 6 nitrogen and oxygen atoms in total. The molecule has 2 bridgehead atoms. The molecular formula is C30H38O6. The first kappa shape index (κ1) is 22.3. The SMILES string of the molecule is CC1=CC[C@]23O[C@@]2(C)CC[C@@H]2[C@H](OC(=O)C24CC2CC45C(=C2C)[C@@H]2OC(=O)[C@H](C)[C@@H]2CCC5(C)O)[C@@H]13. The van der Waals surface area contributed by atoms with E-state index in [4.69, 9.17) is 14.2 Å². The number of hydrogen-bond donors (Lipinski definition) is 1. The van der Waals surface area contributed by atoms with E-state index in [2.05, 4.69) is 26.8 Å². The largest absolute Gasteiger partial charge is 0.461 e. The maximum Gasteiger partial charge on any atom is 0.313 e. The highest BCUT2D eigenvalue weighted by atomic mass is 16.6. The topological polar surface area (TPSA) is 85.4 Å². The van der Waals surface area contributed by atoms with Crippen molar-refractivity contribution in [3.8, 4) is 0 Å². The molecule has 3 heterocycles. The molecule has 0 amide bonds. The van der Waals surface area contributed by atoms with Gasteiger partial charge in [-0.05, 0) is 84.1 Å². The Kier molecular flexibility index (Phi) is 3.81. The van der Waals surface area contributed by atoms with Crippen LogP contribution in [-0.4, -0.2) is 46.1 Å². The lowest BCUT2D eigenvalue weighted by Gasteiger charge is -2.54. The molecule has 0 aromatic rings. The minimum Gasteiger partial charge on any atom is -0.461 e. The van der Waals surface area contributed by atoms with Crippen LogP contribution in [0, 0.1) is 40.4 Å². The summed E-state index contributed by atoms with van der Waals surface area (Å²) in [6.07, 6.45) is 7.17. The van der Waals surface area contributed by atoms with Crippen molar-refractivity contribution < 1.29 is 28.9 Å². The van der Waals surface area contributed by atoms with Crippen molar-refractivity contribution in [3.63, 3.8) is 0 Å². The standard InChI is InChI=1S/C30H38O6/c1-14-6-11-30-20(14)23-19(8-10-27(30,5)36-30)28(25(32)35-23)12-17-13-29(28)21(15(17)2)22-18(7-9-26(29,4)33)16(3)24(31)34-22/h6,16-20,22-23,33H,7-13H2,1-5H3/t16-,17?,18+,19-,20-,22-,23+,26?,27+,28?,29?,30-/m1/s1. The number of carbonyl (C=O) groups excluding carboxylic acids is 2. The van der Waals surface area contributed by atoms with Gasteiger partial charge in [-0.25, -0.2) is 0 Å². The molecule has 4 unspecified atom stereocenters. The zero-order valence-corrected chi connectivity index (χ0v) is 22.1. The Morgan fingerprint density at radius 3 is 2.61 bits per heavy atom. The van der Waals surface area contributed by atoms with Gasteiger partial charge >= 0.3 is 11.9 Å². The number of esters is 2. The zero-order valence-electron chi connectivity index (χ0n) is 22.1. The number of aliphatic hydroxyl groups is 1. The minimum atomic E-state index is -1.08. The first-order chi connectivity index (χ1) is 16.9. The lowest BCUT2D eigenvalue weighted by Crippen LogP contribution is -2.60. The highest BCUT2D eigenvalue weighted by Crippen LogP contribution is 2.80. The van der Waals surface area contributed by atoms with Crippen molar-refractivity contribution in [2.24, 2.45) is 40.4 Å². The molecule has 6 heteroatoms. The van der Waals surface area contributed by atoms with Crippen LogP contribution in [0.25, 0.3) is 0 Å². The third-order valence-electron chi connectivity index (χ3n) is 13.1. The summed E-state index contributed by atoms with van der Waals surface area (Å²) in [6, 6.07) is 0. The van der Waals surface area contributed by atoms with Crippen LogP contribution >= 0.6 is 0 Å². The molecule has 8 aliphatic rings. The van der Waals surface area contributed by atoms with Crippen LogP contribution in [0.15, 0.2) is 22.8 Å². The number of epoxide rings is 1. The van der Waals surface area contributed by atoms with E-state index in [-0.39, 0.29) is 64.9 Å². The highest BCUT2D eigenvalue weighted by molar-refractivity contribution is 5.85. The summed E-state index contributed by atoms with van der Waals surface area (Å²) >= 11 is 0. The molecule has 0 radical (unpaired) electrons. The van der Waals surface area contributed by atoms with E-state index in [1.54, 1.807) is 0 Å². The maximum atomic E-state index is 14.4. The minimum absolute atomic E-state index is 0.0206. The average Bonchev–Trinajstić information content (AvgIpc) is 3.21. The third-order valence-corrected chi connectivity index (χ3v) is 13.1. The molecule has 0 aromatic carbocycles. The summed E-state index contributed by atoms with van der Waals surface area (Å²) in [6.45, 7) is 10.5. The predicted octanol–water partition coefficient (Wildman–Crippen LogP) is 4.25. The van der Waals surface area contributed by atoms with Crippen molar-refractivity contribution in [2.45, 2.75) is 109 Å². The molecule has 3 saturated carbocycles. The zero-order chi connectivity index (χ0) is 25.2. The first-order valence-corrected chi connectivity index (χ1v) is 14.2. The predicted molar refractivity (Wildman–Crippen MR) is 129 cm³/mol. The van der Waals surface area contributed by atoms with Crippen molar-refractivity contribution in [3.05, 3.63) is 22.8 Å². The molecule has 5 aliphatic carbocycles. The van der Waals surface area contributed by atoms with E-state index < -0.39 is 16.4 Å². The van der Waals surface area contributed by atoms with Gasteiger partial charge in [0, 0.05) is 23.2 Å². The van der Waals surface area contributed by atoms with Crippen LogP contribution in [0.1, 0.15) is 79.6 Å². The molecule has 3 spiro atoms. The molecule has 194 valence electrons. The van der Waals surface area contributed by atoms with E-state index in [1.807, 2.05) is 13.8 Å². The van der Waals surface area contributed by atoms with E-state index in [0.717, 1.165) is 44.1 Å². The second-order valence-electron chi connectivity index (χ2n) is 14.1. The van der Waals surface area contributed by atoms with Gasteiger partial charge in [-0.15, -0.1) is 0 Å². The summed E-state index contributed by atoms with van der Waals surface area (Å²) < 4.78 is 19.1. The van der Waals surface area contributed by atoms with Crippen molar-refractivity contribution >= 4 is 11.9 Å². The van der Waals surface area contributed by atoms with E-state index in [0.29, 0.717) is 6.42 Å². The fourth-order valence-corrected chi connectivity index (χ4v) is 11.3. The molecule has 3 aliphatic heterocycles. The van der Waals surface area contributed by atoms with Crippen LogP contribution in [-0.2, 0) is 23.8 Å². The summed E-state index contributed by atoms with van der Waals surface area (Å²) in [7, 11) is 0. The Morgan fingerprint density at radius 1 is 1.06 bits per heavy atom. The van der Waals surface area contributed by atoms with E-state index in [1.165, 1.54) is 11.1 Å². The number of fused-ring (bicyclic) bond motifs is 6. The fraction of sp³-hybridized carbons (Fsp3) is 0.800. The second-order valence-corrected chi connectivity index (χ2v) is 14.1. The molecule has 1 N–H and O–H groups in total. The van der Waals surface area contributed by atoms with Gasteiger partial charge in [-0.1, -0.05) is 24.1 Å². The van der Waals surface area contributed by atoms with E-state index >= 15 is 0 Å². The van der Waals surface area contributed by atoms with Crippen LogP contribution in [0.2, 0.25) is 0 Å². The van der Waals surface area contributed by atoms with Gasteiger partial charge < -0.3 is 19.3 Å². The van der Waals surface area contributed by atoms with Crippen molar-refractivity contribution in [2.75, 3.05) is 0 Å². The Hall–Kier alpha value is -1.66. The maximum absolute atomic E-state index is 14.4. The Bertz CT molecular complexity index is 1200. The van der Waals surface area contributed by atoms with Gasteiger partial charge in [-0.2, -0.15) is 0 Å². The first-order valence-electron chi connectivity index (χ1n) is 14.2. The average molecular weight is 495 g/mol. The molecule has 12 atom stereocenters. The molecule has 8 rings (SSSR count). The summed E-state index contributed by atoms with van der Waals surface area (Å²) in [5.41, 5.74) is 0.551. The van der Waals surface area contributed by atoms with Crippen LogP contribution in [0.3, 0.4) is 0 Å². The molecular weight excluding hydrogens is 456 g/mol. The van der Waals surface area contributed by atoms with Crippen LogP contribution in [0.4, 0.5) is 0 Å². The number of ether oxygens (including phenoxy) is 3. The normalized spacial score (nSPS) is 59.9. The Morgan fingerprint density at radius 2 is 1.83 bits per heavy atom. The van der Waals surface area contributed by atoms with Crippen LogP contribution in [0.5, 0.6) is 0 Å². The second kappa shape index (κ2) is 6.14. The number of hydrogen-bond acceptors (Lipinski definition) is 6. The Balaban J connectivity index is 1.33. The van der Waals surface area contributed by atoms with Gasteiger partial charge in [0.15, 0.2) is 0 Å². The molecule has 6 fully saturated rings. The fourth-order valence-electron chi connectivity index (χ4n) is 11.3. The summed E-state index contributed by atoms with van der Waals surface area (Å²) in [5.74, 6) is -0.0883. The summed E-state index contributed by atoms with van der Waals surface area (Å²) in [4.78, 5) is 27.2. The van der Waals surface area contributed by atoms with Gasteiger partial charge in [0.1, 0.15) is 17.8 Å². The third kappa shape index (κ3) is 2.02. The monoisotopic (exact) mass is 494 g/mol. The number of allylic oxidation sites excluding steroid dienone is 1. The smallest absolute Gasteiger partial charge is 0.313 e. The lowest BCUT2D eigenvalue weighted by molar-refractivity contribution is -0.169. The van der Waals surface area contributed by atoms with Gasteiger partial charge in [0.2, 0.25) is 0 Å². The quantitative estimate of drug-likeness (QED) is 0.308. The van der Waals surface area contributed by atoms with Crippen molar-refractivity contribution in [1.29, 1.82) is 0 Å². The van der Waals surface area contributed by atoms with Crippen molar-refractivity contribution in [1.82, 2.24) is 0 Å². The van der Waals surface area contributed by atoms with Crippen LogP contribution < -0.4 is 0 Å². The molecule has 36 heavy (non-hydrogen) atoms.